The molecule has 0 aliphatic carbocycles. The highest BCUT2D eigenvalue weighted by Crippen LogP contribution is 2.33. The van der Waals surface area contributed by atoms with Crippen LogP contribution in [0.5, 0.6) is 0 Å². The van der Waals surface area contributed by atoms with Crippen LogP contribution < -0.4 is 0 Å². The number of carbonyl (C=O) groups is 1. The molecular weight excluding hydrogens is 377 g/mol. The second-order valence-electron chi connectivity index (χ2n) is 5.14. The van der Waals surface area contributed by atoms with Crippen molar-refractivity contribution < 1.29 is 14.1 Å². The number of thiocarbonyl (C=S) groups is 1. The Bertz CT molecular complexity index is 958. The van der Waals surface area contributed by atoms with E-state index < -0.39 is 10.8 Å². The number of carbonyl (C=O) groups excluding carboxylic acids is 1. The average molecular weight is 387 g/mol. The Labute approximate surface area is 157 Å². The maximum atomic E-state index is 12.9. The first-order valence-corrected chi connectivity index (χ1v) is 8.48. The number of hydrogen-bond acceptors (Lipinski definition) is 6. The van der Waals surface area contributed by atoms with E-state index in [1.165, 1.54) is 54.8 Å². The summed E-state index contributed by atoms with van der Waals surface area (Å²) in [6.07, 6.45) is 2.93. The van der Waals surface area contributed by atoms with Crippen LogP contribution in [0.15, 0.2) is 58.5 Å². The molecule has 0 N–H and O–H groups in total. The van der Waals surface area contributed by atoms with Gasteiger partial charge in [0.2, 0.25) is 0 Å². The predicted molar refractivity (Wildman–Crippen MR) is 102 cm³/mol. The molecule has 3 rings (SSSR count). The van der Waals surface area contributed by atoms with Crippen molar-refractivity contribution in [1.29, 1.82) is 0 Å². The second kappa shape index (κ2) is 7.54. The van der Waals surface area contributed by atoms with Gasteiger partial charge in [-0.15, -0.1) is 0 Å². The summed E-state index contributed by atoms with van der Waals surface area (Å²) in [7, 11) is 0. The Kier molecular flexibility index (Phi) is 5.19. The van der Waals surface area contributed by atoms with Gasteiger partial charge in [0, 0.05) is 12.1 Å². The first-order valence-electron chi connectivity index (χ1n) is 7.26. The highest BCUT2D eigenvalue weighted by atomic mass is 32.2. The summed E-state index contributed by atoms with van der Waals surface area (Å²) in [5.74, 6) is -0.794. The lowest BCUT2D eigenvalue weighted by Crippen LogP contribution is -2.22. The number of thioether (sulfide) groups is 1. The van der Waals surface area contributed by atoms with E-state index in [0.29, 0.717) is 16.0 Å². The molecule has 1 fully saturated rings. The zero-order valence-corrected chi connectivity index (χ0v) is 14.7. The largest absolute Gasteiger partial charge is 0.286 e. The van der Waals surface area contributed by atoms with Gasteiger partial charge in [0.05, 0.1) is 16.0 Å². The topological polar surface area (TPSA) is 75.8 Å². The zero-order valence-electron chi connectivity index (χ0n) is 13.0. The number of hydrogen-bond donors (Lipinski definition) is 0. The highest BCUT2D eigenvalue weighted by Gasteiger charge is 2.32. The molecule has 0 atom stereocenters. The molecule has 2 aromatic carbocycles. The molecule has 6 nitrogen and oxygen atoms in total. The highest BCUT2D eigenvalue weighted by molar-refractivity contribution is 8.26. The molecule has 0 spiro atoms. The quantitative estimate of drug-likeness (QED) is 0.261. The number of hydrazone groups is 1. The monoisotopic (exact) mass is 387 g/mol. The van der Waals surface area contributed by atoms with E-state index in [2.05, 4.69) is 5.10 Å². The van der Waals surface area contributed by atoms with Gasteiger partial charge >= 0.3 is 0 Å². The van der Waals surface area contributed by atoms with E-state index in [-0.39, 0.29) is 15.8 Å². The SMILES string of the molecule is O=C1/C(=C\c2cccc([N+](=O)[O-])c2)SC(=S)N1/N=C/c1ccc(F)cc1. The molecule has 0 aromatic heterocycles. The van der Waals surface area contributed by atoms with Crippen molar-refractivity contribution in [2.45, 2.75) is 0 Å². The first kappa shape index (κ1) is 17.9. The van der Waals surface area contributed by atoms with E-state index in [1.807, 2.05) is 0 Å². The van der Waals surface area contributed by atoms with Gasteiger partial charge in [-0.2, -0.15) is 10.1 Å². The van der Waals surface area contributed by atoms with Crippen LogP contribution >= 0.6 is 24.0 Å². The molecule has 1 heterocycles. The molecule has 0 unspecified atom stereocenters. The van der Waals surface area contributed by atoms with Crippen LogP contribution in [0.2, 0.25) is 0 Å². The van der Waals surface area contributed by atoms with Crippen molar-refractivity contribution in [3.63, 3.8) is 0 Å². The van der Waals surface area contributed by atoms with Crippen LogP contribution in [0.3, 0.4) is 0 Å². The van der Waals surface area contributed by atoms with Gasteiger partial charge in [-0.1, -0.05) is 36.0 Å². The van der Waals surface area contributed by atoms with E-state index >= 15 is 0 Å². The fourth-order valence-electron chi connectivity index (χ4n) is 2.11. The summed E-state index contributed by atoms with van der Waals surface area (Å²) in [5, 5.41) is 16.0. The molecule has 0 bridgehead atoms. The van der Waals surface area contributed by atoms with E-state index in [4.69, 9.17) is 12.2 Å². The Morgan fingerprint density at radius 2 is 1.92 bits per heavy atom. The van der Waals surface area contributed by atoms with Gasteiger partial charge < -0.3 is 0 Å². The summed E-state index contributed by atoms with van der Waals surface area (Å²) in [6.45, 7) is 0. The van der Waals surface area contributed by atoms with Crippen molar-refractivity contribution >= 4 is 52.2 Å². The van der Waals surface area contributed by atoms with Crippen LogP contribution in [-0.4, -0.2) is 26.4 Å². The maximum Gasteiger partial charge on any atom is 0.286 e. The van der Waals surface area contributed by atoms with Gasteiger partial charge in [-0.3, -0.25) is 14.9 Å². The molecule has 1 aliphatic rings. The number of rotatable bonds is 4. The summed E-state index contributed by atoms with van der Waals surface area (Å²) < 4.78 is 13.1. The third-order valence-corrected chi connectivity index (χ3v) is 4.63. The molecule has 2 aromatic rings. The summed E-state index contributed by atoms with van der Waals surface area (Å²) in [5.41, 5.74) is 1.06. The van der Waals surface area contributed by atoms with Crippen molar-refractivity contribution in [2.75, 3.05) is 0 Å². The lowest BCUT2D eigenvalue weighted by molar-refractivity contribution is -0.384. The number of nitrogens with zero attached hydrogens (tertiary/aromatic N) is 3. The fraction of sp³-hybridized carbons (Fsp3) is 0. The van der Waals surface area contributed by atoms with Crippen LogP contribution in [0.25, 0.3) is 6.08 Å². The van der Waals surface area contributed by atoms with Gasteiger partial charge in [0.25, 0.3) is 11.6 Å². The number of amides is 1. The number of halogens is 1. The molecule has 0 saturated carbocycles. The molecule has 1 amide bonds. The van der Waals surface area contributed by atoms with Crippen molar-refractivity contribution in [2.24, 2.45) is 5.10 Å². The third kappa shape index (κ3) is 4.01. The summed E-state index contributed by atoms with van der Waals surface area (Å²) in [4.78, 5) is 23.1. The lowest BCUT2D eigenvalue weighted by Gasteiger charge is -2.05. The van der Waals surface area contributed by atoms with Crippen molar-refractivity contribution in [3.8, 4) is 0 Å². The molecule has 1 aliphatic heterocycles. The normalized spacial score (nSPS) is 16.0. The minimum Gasteiger partial charge on any atom is -0.266 e. The fourth-order valence-corrected chi connectivity index (χ4v) is 3.28. The van der Waals surface area contributed by atoms with E-state index in [0.717, 1.165) is 16.8 Å². The molecule has 1 saturated heterocycles. The minimum absolute atomic E-state index is 0.0661. The average Bonchev–Trinajstić information content (AvgIpc) is 2.88. The van der Waals surface area contributed by atoms with Crippen LogP contribution in [0, 0.1) is 15.9 Å². The Morgan fingerprint density at radius 3 is 2.62 bits per heavy atom. The summed E-state index contributed by atoms with van der Waals surface area (Å²) in [6, 6.07) is 11.6. The summed E-state index contributed by atoms with van der Waals surface area (Å²) >= 11 is 6.21. The van der Waals surface area contributed by atoms with Crippen LogP contribution in [-0.2, 0) is 4.79 Å². The van der Waals surface area contributed by atoms with Gasteiger partial charge in [0.15, 0.2) is 4.32 Å². The second-order valence-corrected chi connectivity index (χ2v) is 6.82. The molecular formula is C17H10FN3O3S2. The number of benzene rings is 2. The van der Waals surface area contributed by atoms with Gasteiger partial charge in [-0.25, -0.2) is 4.39 Å². The van der Waals surface area contributed by atoms with Crippen molar-refractivity contribution in [1.82, 2.24) is 5.01 Å². The molecule has 9 heteroatoms. The molecule has 0 radical (unpaired) electrons. The zero-order chi connectivity index (χ0) is 18.7. The Morgan fingerprint density at radius 1 is 1.19 bits per heavy atom. The Balaban J connectivity index is 1.81. The smallest absolute Gasteiger partial charge is 0.266 e. The number of nitro benzene ring substituents is 1. The maximum absolute atomic E-state index is 12.9. The molecule has 26 heavy (non-hydrogen) atoms. The van der Waals surface area contributed by atoms with Gasteiger partial charge in [0.1, 0.15) is 5.82 Å². The first-order chi connectivity index (χ1) is 12.4. The van der Waals surface area contributed by atoms with Crippen LogP contribution in [0.1, 0.15) is 11.1 Å². The number of nitro groups is 1. The minimum atomic E-state index is -0.504. The van der Waals surface area contributed by atoms with Gasteiger partial charge in [-0.05, 0) is 41.6 Å². The predicted octanol–water partition coefficient (Wildman–Crippen LogP) is 3.97. The third-order valence-electron chi connectivity index (χ3n) is 3.34. The van der Waals surface area contributed by atoms with Crippen LogP contribution in [0.4, 0.5) is 10.1 Å². The van der Waals surface area contributed by atoms with E-state index in [1.54, 1.807) is 6.07 Å². The molecule has 130 valence electrons. The van der Waals surface area contributed by atoms with E-state index in [9.17, 15) is 19.3 Å². The standard InChI is InChI=1S/C17H10FN3O3S2/c18-13-6-4-11(5-7-13)10-19-20-16(22)15(26-17(20)25)9-12-2-1-3-14(8-12)21(23)24/h1-10H/b15-9+,19-10+. The Hall–Kier alpha value is -2.91. The lowest BCUT2D eigenvalue weighted by atomic mass is 10.2. The number of non-ortho nitro benzene ring substituents is 1. The van der Waals surface area contributed by atoms with Crippen molar-refractivity contribution in [3.05, 3.63) is 80.5 Å².